The fraction of sp³-hybridized carbons (Fsp3) is 0.278. The monoisotopic (exact) mass is 310 g/mol. The molecule has 1 aromatic heterocycles. The second kappa shape index (κ2) is 7.95. The Hall–Kier alpha value is -2.87. The van der Waals surface area contributed by atoms with Crippen molar-refractivity contribution in [3.63, 3.8) is 0 Å². The van der Waals surface area contributed by atoms with Gasteiger partial charge in [-0.2, -0.15) is 5.26 Å². The van der Waals surface area contributed by atoms with Crippen molar-refractivity contribution in [2.75, 3.05) is 0 Å². The van der Waals surface area contributed by atoms with Crippen LogP contribution in [-0.2, 0) is 16.1 Å². The lowest BCUT2D eigenvalue weighted by molar-refractivity contribution is -0.155. The molecule has 0 saturated heterocycles. The minimum atomic E-state index is -0.784. The van der Waals surface area contributed by atoms with Crippen LogP contribution in [0.25, 0.3) is 0 Å². The van der Waals surface area contributed by atoms with Crippen LogP contribution < -0.4 is 4.74 Å². The number of nitriles is 1. The molecule has 0 saturated carbocycles. The van der Waals surface area contributed by atoms with Crippen LogP contribution in [0.2, 0.25) is 0 Å². The van der Waals surface area contributed by atoms with Crippen LogP contribution in [0.1, 0.15) is 25.1 Å². The summed E-state index contributed by atoms with van der Waals surface area (Å²) in [5.74, 6) is -0.195. The zero-order chi connectivity index (χ0) is 16.7. The molecule has 0 aliphatic rings. The molecule has 1 aromatic carbocycles. The second-order valence-corrected chi connectivity index (χ2v) is 5.32. The molecule has 0 radical (unpaired) electrons. The van der Waals surface area contributed by atoms with Gasteiger partial charge in [0.15, 0.2) is 6.10 Å². The van der Waals surface area contributed by atoms with Crippen molar-refractivity contribution in [2.45, 2.75) is 26.6 Å². The van der Waals surface area contributed by atoms with Gasteiger partial charge in [-0.15, -0.1) is 0 Å². The largest absolute Gasteiger partial charge is 0.477 e. The first kappa shape index (κ1) is 16.5. The van der Waals surface area contributed by atoms with E-state index in [1.807, 2.05) is 26.0 Å². The number of nitrogens with zero attached hydrogens (tertiary/aromatic N) is 2. The zero-order valence-electron chi connectivity index (χ0n) is 13.1. The first-order valence-corrected chi connectivity index (χ1v) is 7.34. The molecule has 0 N–H and O–H groups in total. The topological polar surface area (TPSA) is 72.2 Å². The lowest BCUT2D eigenvalue weighted by Gasteiger charge is -2.21. The molecular weight excluding hydrogens is 292 g/mol. The van der Waals surface area contributed by atoms with Crippen LogP contribution >= 0.6 is 0 Å². The number of rotatable bonds is 6. The van der Waals surface area contributed by atoms with Gasteiger partial charge in [0, 0.05) is 12.1 Å². The minimum absolute atomic E-state index is 0.0894. The normalized spacial score (nSPS) is 11.6. The van der Waals surface area contributed by atoms with E-state index in [0.717, 1.165) is 0 Å². The third-order valence-corrected chi connectivity index (χ3v) is 3.19. The molecule has 0 fully saturated rings. The summed E-state index contributed by atoms with van der Waals surface area (Å²) in [5, 5.41) is 9.11. The molecule has 23 heavy (non-hydrogen) atoms. The summed E-state index contributed by atoms with van der Waals surface area (Å²) < 4.78 is 11.0. The third-order valence-electron chi connectivity index (χ3n) is 3.19. The number of pyridine rings is 1. The van der Waals surface area contributed by atoms with Gasteiger partial charge < -0.3 is 9.47 Å². The van der Waals surface area contributed by atoms with Crippen LogP contribution in [0.3, 0.4) is 0 Å². The first-order chi connectivity index (χ1) is 11.1. The van der Waals surface area contributed by atoms with Gasteiger partial charge >= 0.3 is 5.97 Å². The van der Waals surface area contributed by atoms with E-state index in [1.165, 1.54) is 0 Å². The van der Waals surface area contributed by atoms with E-state index in [4.69, 9.17) is 14.7 Å². The average molecular weight is 310 g/mol. The first-order valence-electron chi connectivity index (χ1n) is 7.34. The predicted molar refractivity (Wildman–Crippen MR) is 84.4 cm³/mol. The van der Waals surface area contributed by atoms with E-state index < -0.39 is 12.1 Å². The van der Waals surface area contributed by atoms with E-state index in [0.29, 0.717) is 17.0 Å². The predicted octanol–water partition coefficient (Wildman–Crippen LogP) is 3.10. The highest BCUT2D eigenvalue weighted by molar-refractivity contribution is 5.75. The summed E-state index contributed by atoms with van der Waals surface area (Å²) >= 11 is 0. The highest BCUT2D eigenvalue weighted by atomic mass is 16.6. The smallest absolute Gasteiger partial charge is 0.347 e. The number of hydrogen-bond acceptors (Lipinski definition) is 5. The van der Waals surface area contributed by atoms with Crippen molar-refractivity contribution in [1.29, 1.82) is 5.26 Å². The molecular formula is C18H18N2O3. The van der Waals surface area contributed by atoms with E-state index >= 15 is 0 Å². The van der Waals surface area contributed by atoms with Crippen LogP contribution in [-0.4, -0.2) is 17.1 Å². The summed E-state index contributed by atoms with van der Waals surface area (Å²) in [6.07, 6.45) is 0.858. The number of esters is 1. The SMILES string of the molecule is CC(C)[C@@H](Oc1ccccc1C#N)C(=O)OCc1ccccn1. The van der Waals surface area contributed by atoms with Gasteiger partial charge in [0.1, 0.15) is 18.4 Å². The van der Waals surface area contributed by atoms with Gasteiger partial charge in [-0.05, 0) is 24.3 Å². The van der Waals surface area contributed by atoms with Gasteiger partial charge in [-0.25, -0.2) is 4.79 Å². The van der Waals surface area contributed by atoms with Crippen LogP contribution in [0.15, 0.2) is 48.7 Å². The van der Waals surface area contributed by atoms with Crippen molar-refractivity contribution >= 4 is 5.97 Å². The molecule has 0 bridgehead atoms. The molecule has 1 atom stereocenters. The van der Waals surface area contributed by atoms with Crippen LogP contribution in [0, 0.1) is 17.2 Å². The maximum Gasteiger partial charge on any atom is 0.347 e. The molecule has 1 heterocycles. The molecule has 5 nitrogen and oxygen atoms in total. The molecule has 118 valence electrons. The second-order valence-electron chi connectivity index (χ2n) is 5.32. The van der Waals surface area contributed by atoms with Crippen molar-refractivity contribution in [3.8, 4) is 11.8 Å². The summed E-state index contributed by atoms with van der Waals surface area (Å²) in [4.78, 5) is 16.4. The number of carbonyl (C=O) groups excluding carboxylic acids is 1. The molecule has 0 amide bonds. The van der Waals surface area contributed by atoms with E-state index in [2.05, 4.69) is 4.98 Å². The lowest BCUT2D eigenvalue weighted by atomic mass is 10.1. The zero-order valence-corrected chi connectivity index (χ0v) is 13.1. The fourth-order valence-corrected chi connectivity index (χ4v) is 1.97. The Morgan fingerprint density at radius 2 is 1.96 bits per heavy atom. The van der Waals surface area contributed by atoms with Gasteiger partial charge in [-0.1, -0.05) is 32.0 Å². The van der Waals surface area contributed by atoms with Crippen molar-refractivity contribution < 1.29 is 14.3 Å². The van der Waals surface area contributed by atoms with Gasteiger partial charge in [0.2, 0.25) is 0 Å². The average Bonchev–Trinajstić information content (AvgIpc) is 2.58. The lowest BCUT2D eigenvalue weighted by Crippen LogP contribution is -2.34. The third kappa shape index (κ3) is 4.55. The van der Waals surface area contributed by atoms with Gasteiger partial charge in [-0.3, -0.25) is 4.98 Å². The molecule has 0 aliphatic heterocycles. The maximum atomic E-state index is 12.3. The minimum Gasteiger partial charge on any atom is -0.477 e. The number of ether oxygens (including phenoxy) is 2. The summed E-state index contributed by atoms with van der Waals surface area (Å²) in [7, 11) is 0. The molecule has 0 unspecified atom stereocenters. The maximum absolute atomic E-state index is 12.3. The Morgan fingerprint density at radius 1 is 1.22 bits per heavy atom. The number of carbonyl (C=O) groups is 1. The molecule has 2 rings (SSSR count). The molecule has 2 aromatic rings. The van der Waals surface area contributed by atoms with Gasteiger partial charge in [0.05, 0.1) is 11.3 Å². The molecule has 0 aliphatic carbocycles. The van der Waals surface area contributed by atoms with Crippen LogP contribution in [0.5, 0.6) is 5.75 Å². The molecule has 5 heteroatoms. The van der Waals surface area contributed by atoms with Crippen molar-refractivity contribution in [3.05, 3.63) is 59.9 Å². The molecule has 0 spiro atoms. The highest BCUT2D eigenvalue weighted by Gasteiger charge is 2.27. The number of para-hydroxylation sites is 1. The summed E-state index contributed by atoms with van der Waals surface area (Å²) in [5.41, 5.74) is 1.05. The Bertz CT molecular complexity index is 693. The Labute approximate surface area is 135 Å². The van der Waals surface area contributed by atoms with Crippen molar-refractivity contribution in [2.24, 2.45) is 5.92 Å². The Kier molecular flexibility index (Phi) is 5.70. The van der Waals surface area contributed by atoms with E-state index in [1.54, 1.807) is 42.6 Å². The number of benzene rings is 1. The standard InChI is InChI=1S/C18H18N2O3/c1-13(2)17(23-16-9-4-3-7-14(16)11-19)18(21)22-12-15-8-5-6-10-20-15/h3-10,13,17H,12H2,1-2H3/t17-/m1/s1. The summed E-state index contributed by atoms with van der Waals surface area (Å²) in [6.45, 7) is 3.81. The van der Waals surface area contributed by atoms with Crippen LogP contribution in [0.4, 0.5) is 0 Å². The van der Waals surface area contributed by atoms with Gasteiger partial charge in [0.25, 0.3) is 0 Å². The summed E-state index contributed by atoms with van der Waals surface area (Å²) in [6, 6.07) is 14.3. The Balaban J connectivity index is 2.06. The number of aromatic nitrogens is 1. The van der Waals surface area contributed by atoms with Crippen molar-refractivity contribution in [1.82, 2.24) is 4.98 Å². The van der Waals surface area contributed by atoms with E-state index in [9.17, 15) is 4.79 Å². The fourth-order valence-electron chi connectivity index (χ4n) is 1.97. The Morgan fingerprint density at radius 3 is 2.61 bits per heavy atom. The number of hydrogen-bond donors (Lipinski definition) is 0. The quantitative estimate of drug-likeness (QED) is 0.767. The van der Waals surface area contributed by atoms with E-state index in [-0.39, 0.29) is 12.5 Å². The highest BCUT2D eigenvalue weighted by Crippen LogP contribution is 2.21.